The van der Waals surface area contributed by atoms with Crippen LogP contribution in [0.25, 0.3) is 0 Å². The topological polar surface area (TPSA) is 83.8 Å². The number of rotatable bonds is 4. The lowest BCUT2D eigenvalue weighted by atomic mass is 10.1. The molecule has 1 aromatic carbocycles. The van der Waals surface area contributed by atoms with Gasteiger partial charge < -0.3 is 4.90 Å². The Morgan fingerprint density at radius 1 is 1.18 bits per heavy atom. The monoisotopic (exact) mass is 435 g/mol. The number of halogens is 6. The van der Waals surface area contributed by atoms with Gasteiger partial charge in [0.15, 0.2) is 0 Å². The molecule has 1 aromatic rings. The molecule has 0 bridgehead atoms. The highest BCUT2D eigenvalue weighted by atomic mass is 32.2. The zero-order valence-corrected chi connectivity index (χ0v) is 15.1. The van der Waals surface area contributed by atoms with E-state index in [0.29, 0.717) is 12.1 Å². The van der Waals surface area contributed by atoms with Gasteiger partial charge in [0.2, 0.25) is 0 Å². The van der Waals surface area contributed by atoms with E-state index >= 15 is 0 Å². The molecule has 1 atom stereocenters. The lowest BCUT2D eigenvalue weighted by molar-refractivity contribution is -0.384. The van der Waals surface area contributed by atoms with Crippen molar-refractivity contribution in [1.82, 2.24) is 4.90 Å². The van der Waals surface area contributed by atoms with Crippen molar-refractivity contribution in [3.05, 3.63) is 28.3 Å². The molecule has 1 aliphatic heterocycles. The third-order valence-electron chi connectivity index (χ3n) is 4.25. The van der Waals surface area contributed by atoms with Crippen LogP contribution >= 0.6 is 0 Å². The number of nitro benzene ring substituents is 1. The molecule has 0 spiro atoms. The van der Waals surface area contributed by atoms with Crippen LogP contribution in [0.2, 0.25) is 0 Å². The molecule has 2 rings (SSSR count). The Morgan fingerprint density at radius 3 is 2.25 bits per heavy atom. The first-order valence-electron chi connectivity index (χ1n) is 7.79. The minimum Gasteiger partial charge on any atom is -0.363 e. The van der Waals surface area contributed by atoms with Crippen molar-refractivity contribution in [2.75, 3.05) is 31.1 Å². The summed E-state index contributed by atoms with van der Waals surface area (Å²) in [5, 5.41) is 11.3. The highest BCUT2D eigenvalue weighted by Gasteiger charge is 2.47. The Labute approximate surface area is 155 Å². The number of benzene rings is 1. The van der Waals surface area contributed by atoms with Crippen LogP contribution in [0.1, 0.15) is 6.92 Å². The van der Waals surface area contributed by atoms with Crippen molar-refractivity contribution < 1.29 is 39.7 Å². The van der Waals surface area contributed by atoms with Crippen molar-refractivity contribution >= 4 is 21.2 Å². The average molecular weight is 435 g/mol. The van der Waals surface area contributed by atoms with E-state index in [0.717, 1.165) is 11.0 Å². The van der Waals surface area contributed by atoms with Gasteiger partial charge in [0, 0.05) is 31.7 Å². The summed E-state index contributed by atoms with van der Waals surface area (Å²) in [6, 6.07) is 1.12. The molecule has 0 radical (unpaired) electrons. The third-order valence-corrected chi connectivity index (χ3v) is 5.73. The Hall–Kier alpha value is -2.09. The summed E-state index contributed by atoms with van der Waals surface area (Å²) in [6.45, 7) is 0.133. The number of sulfone groups is 1. The first-order chi connectivity index (χ1) is 12.6. The minimum atomic E-state index is -5.78. The maximum atomic E-state index is 12.7. The van der Waals surface area contributed by atoms with Gasteiger partial charge in [-0.3, -0.25) is 15.0 Å². The van der Waals surface area contributed by atoms with Gasteiger partial charge in [-0.15, -0.1) is 0 Å². The summed E-state index contributed by atoms with van der Waals surface area (Å²) in [5.74, 6) is 0. The van der Waals surface area contributed by atoms with Gasteiger partial charge in [0.1, 0.15) is 5.69 Å². The van der Waals surface area contributed by atoms with Gasteiger partial charge in [-0.25, -0.2) is 8.42 Å². The maximum absolute atomic E-state index is 12.7. The number of piperazine rings is 1. The second-order valence-corrected chi connectivity index (χ2v) is 8.18. The fraction of sp³-hybridized carbons (Fsp3) is 0.571. The van der Waals surface area contributed by atoms with Crippen LogP contribution in [-0.4, -0.2) is 62.1 Å². The lowest BCUT2D eigenvalue weighted by Crippen LogP contribution is -2.54. The molecule has 28 heavy (non-hydrogen) atoms. The molecule has 1 heterocycles. The molecule has 0 aromatic heterocycles. The molecule has 0 N–H and O–H groups in total. The number of hydrogen-bond donors (Lipinski definition) is 0. The van der Waals surface area contributed by atoms with Gasteiger partial charge in [0.25, 0.3) is 15.5 Å². The summed E-state index contributed by atoms with van der Waals surface area (Å²) >= 11 is 0. The molecule has 0 amide bonds. The van der Waals surface area contributed by atoms with Crippen LogP contribution in [0.3, 0.4) is 0 Å². The molecular weight excluding hydrogens is 420 g/mol. The van der Waals surface area contributed by atoms with E-state index in [-0.39, 0.29) is 25.3 Å². The highest BCUT2D eigenvalue weighted by Crippen LogP contribution is 2.37. The zero-order valence-electron chi connectivity index (χ0n) is 14.3. The molecule has 0 saturated carbocycles. The summed E-state index contributed by atoms with van der Waals surface area (Å²) in [7, 11) is -5.78. The van der Waals surface area contributed by atoms with Crippen molar-refractivity contribution in [2.24, 2.45) is 0 Å². The minimum absolute atomic E-state index is 0.0490. The van der Waals surface area contributed by atoms with Crippen molar-refractivity contribution in [3.63, 3.8) is 0 Å². The first kappa shape index (κ1) is 22.2. The molecule has 1 fully saturated rings. The quantitative estimate of drug-likeness (QED) is 0.411. The van der Waals surface area contributed by atoms with E-state index in [1.807, 2.05) is 0 Å². The van der Waals surface area contributed by atoms with Gasteiger partial charge in [-0.2, -0.15) is 26.3 Å². The van der Waals surface area contributed by atoms with E-state index in [2.05, 4.69) is 0 Å². The van der Waals surface area contributed by atoms with Crippen molar-refractivity contribution in [2.45, 2.75) is 29.5 Å². The average Bonchev–Trinajstić information content (AvgIpc) is 2.54. The summed E-state index contributed by atoms with van der Waals surface area (Å²) in [6.07, 6.45) is -4.42. The molecule has 158 valence electrons. The van der Waals surface area contributed by atoms with E-state index in [1.165, 1.54) is 11.8 Å². The van der Waals surface area contributed by atoms with Crippen LogP contribution in [0, 0.1) is 10.1 Å². The van der Waals surface area contributed by atoms with E-state index in [4.69, 9.17) is 0 Å². The Morgan fingerprint density at radius 2 is 1.79 bits per heavy atom. The molecule has 7 nitrogen and oxygen atoms in total. The van der Waals surface area contributed by atoms with Gasteiger partial charge in [0.05, 0.1) is 16.4 Å². The van der Waals surface area contributed by atoms with Crippen LogP contribution < -0.4 is 4.90 Å². The van der Waals surface area contributed by atoms with Gasteiger partial charge in [-0.1, -0.05) is 0 Å². The predicted molar refractivity (Wildman–Crippen MR) is 85.6 cm³/mol. The molecule has 1 aliphatic rings. The molecule has 0 aliphatic carbocycles. The second-order valence-electron chi connectivity index (χ2n) is 6.24. The van der Waals surface area contributed by atoms with Crippen LogP contribution in [-0.2, 0) is 9.84 Å². The second kappa shape index (κ2) is 7.39. The van der Waals surface area contributed by atoms with Crippen molar-refractivity contribution in [1.29, 1.82) is 0 Å². The van der Waals surface area contributed by atoms with Gasteiger partial charge >= 0.3 is 11.7 Å². The fourth-order valence-corrected chi connectivity index (χ4v) is 3.68. The molecule has 1 unspecified atom stereocenters. The number of hydrogen-bond acceptors (Lipinski definition) is 6. The predicted octanol–water partition coefficient (Wildman–Crippen LogP) is 2.96. The Balaban J connectivity index is 2.34. The summed E-state index contributed by atoms with van der Waals surface area (Å²) in [4.78, 5) is 11.4. The largest absolute Gasteiger partial charge is 0.501 e. The number of nitro groups is 1. The Bertz CT molecular complexity index is 856. The molecule has 1 saturated heterocycles. The Kier molecular flexibility index (Phi) is 5.86. The first-order valence-corrected chi connectivity index (χ1v) is 9.27. The highest BCUT2D eigenvalue weighted by molar-refractivity contribution is 7.92. The summed E-state index contributed by atoms with van der Waals surface area (Å²) in [5.41, 5.74) is -6.66. The maximum Gasteiger partial charge on any atom is 0.501 e. The van der Waals surface area contributed by atoms with Crippen LogP contribution in [0.5, 0.6) is 0 Å². The fourth-order valence-electron chi connectivity index (χ4n) is 2.90. The van der Waals surface area contributed by atoms with E-state index in [1.54, 1.807) is 0 Å². The van der Waals surface area contributed by atoms with Crippen molar-refractivity contribution in [3.8, 4) is 0 Å². The zero-order chi connectivity index (χ0) is 21.5. The number of alkyl halides is 6. The number of nitrogens with zero attached hydrogens (tertiary/aromatic N) is 3. The van der Waals surface area contributed by atoms with Crippen LogP contribution in [0.15, 0.2) is 23.1 Å². The normalized spacial score (nSPS) is 19.7. The van der Waals surface area contributed by atoms with Gasteiger partial charge in [-0.05, 0) is 19.1 Å². The number of anilines is 1. The molecular formula is C14H15F6N3O4S. The standard InChI is InChI=1S/C14H15F6N3O4S/c1-9-7-21(4-5-22(9)8-13(15,16)17)11-3-2-10(6-12(11)23(24)25)28(26,27)14(18,19)20/h2-3,6,9H,4-5,7-8H2,1H3. The van der Waals surface area contributed by atoms with E-state index in [9.17, 15) is 44.9 Å². The lowest BCUT2D eigenvalue weighted by Gasteiger charge is -2.40. The summed E-state index contributed by atoms with van der Waals surface area (Å²) < 4.78 is 98.6. The van der Waals surface area contributed by atoms with E-state index < -0.39 is 49.6 Å². The SMILES string of the molecule is CC1CN(c2ccc(S(=O)(=O)C(F)(F)F)cc2[N+](=O)[O-])CCN1CC(F)(F)F. The smallest absolute Gasteiger partial charge is 0.363 e. The van der Waals surface area contributed by atoms with Crippen LogP contribution in [0.4, 0.5) is 37.7 Å². The third kappa shape index (κ3) is 4.66. The molecule has 14 heteroatoms.